The molecule has 1 aliphatic heterocycles. The first-order valence-corrected chi connectivity index (χ1v) is 9.04. The van der Waals surface area contributed by atoms with E-state index in [0.717, 1.165) is 48.4 Å². The molecule has 5 nitrogen and oxygen atoms in total. The summed E-state index contributed by atoms with van der Waals surface area (Å²) >= 11 is 0. The second kappa shape index (κ2) is 8.04. The molecule has 26 heavy (non-hydrogen) atoms. The predicted octanol–water partition coefficient (Wildman–Crippen LogP) is 3.59. The van der Waals surface area contributed by atoms with Crippen molar-refractivity contribution < 1.29 is 9.59 Å². The Kier molecular flexibility index (Phi) is 5.56. The van der Waals surface area contributed by atoms with Gasteiger partial charge in [-0.05, 0) is 56.0 Å². The zero-order chi connectivity index (χ0) is 18.5. The van der Waals surface area contributed by atoms with Crippen molar-refractivity contribution in [3.8, 4) is 0 Å². The molecule has 0 aliphatic carbocycles. The first kappa shape index (κ1) is 18.0. The summed E-state index contributed by atoms with van der Waals surface area (Å²) in [6.45, 7) is 5.76. The van der Waals surface area contributed by atoms with E-state index in [2.05, 4.69) is 10.6 Å². The molecule has 0 spiro atoms. The Morgan fingerprint density at radius 2 is 1.65 bits per heavy atom. The fourth-order valence-corrected chi connectivity index (χ4v) is 3.24. The number of nitrogens with one attached hydrogen (secondary N) is 2. The third-order valence-electron chi connectivity index (χ3n) is 4.70. The number of rotatable bonds is 5. The van der Waals surface area contributed by atoms with Gasteiger partial charge in [-0.3, -0.25) is 9.59 Å². The van der Waals surface area contributed by atoms with Crippen molar-refractivity contribution in [2.75, 3.05) is 30.3 Å². The van der Waals surface area contributed by atoms with Crippen LogP contribution in [0.4, 0.5) is 11.4 Å². The molecule has 0 atom stereocenters. The zero-order valence-corrected chi connectivity index (χ0v) is 15.3. The van der Waals surface area contributed by atoms with Crippen molar-refractivity contribution in [3.63, 3.8) is 0 Å². The highest BCUT2D eigenvalue weighted by atomic mass is 16.2. The van der Waals surface area contributed by atoms with E-state index in [4.69, 9.17) is 0 Å². The quantitative estimate of drug-likeness (QED) is 0.865. The van der Waals surface area contributed by atoms with Crippen molar-refractivity contribution in [2.45, 2.75) is 26.7 Å². The Morgan fingerprint density at radius 3 is 2.35 bits per heavy atom. The van der Waals surface area contributed by atoms with Gasteiger partial charge in [0, 0.05) is 30.0 Å². The summed E-state index contributed by atoms with van der Waals surface area (Å²) in [7, 11) is 0. The van der Waals surface area contributed by atoms with Crippen LogP contribution in [0, 0.1) is 13.8 Å². The van der Waals surface area contributed by atoms with Gasteiger partial charge < -0.3 is 15.5 Å². The van der Waals surface area contributed by atoms with Gasteiger partial charge in [-0.15, -0.1) is 0 Å². The first-order chi connectivity index (χ1) is 12.5. The highest BCUT2D eigenvalue weighted by Crippen LogP contribution is 2.19. The lowest BCUT2D eigenvalue weighted by Gasteiger charge is -2.16. The lowest BCUT2D eigenvalue weighted by atomic mass is 10.1. The number of carbonyl (C=O) groups is 2. The Labute approximate surface area is 154 Å². The maximum Gasteiger partial charge on any atom is 0.253 e. The van der Waals surface area contributed by atoms with Crippen LogP contribution >= 0.6 is 0 Å². The number of hydrogen-bond donors (Lipinski definition) is 2. The van der Waals surface area contributed by atoms with E-state index in [-0.39, 0.29) is 18.4 Å². The maximum absolute atomic E-state index is 12.5. The number of nitrogens with zero attached hydrogens (tertiary/aromatic N) is 1. The lowest BCUT2D eigenvalue weighted by Crippen LogP contribution is -2.27. The van der Waals surface area contributed by atoms with Gasteiger partial charge in [-0.2, -0.15) is 0 Å². The lowest BCUT2D eigenvalue weighted by molar-refractivity contribution is -0.114. The van der Waals surface area contributed by atoms with E-state index < -0.39 is 0 Å². The topological polar surface area (TPSA) is 61.4 Å². The van der Waals surface area contributed by atoms with Crippen LogP contribution < -0.4 is 10.6 Å². The van der Waals surface area contributed by atoms with Crippen molar-refractivity contribution in [1.29, 1.82) is 0 Å². The third-order valence-corrected chi connectivity index (χ3v) is 4.70. The molecule has 2 aromatic rings. The SMILES string of the molecule is Cc1cccc(C)c1NC(=O)CNc1cccc(C(=O)N2CCCC2)c1. The van der Waals surface area contributed by atoms with Crippen LogP contribution in [0.1, 0.15) is 34.3 Å². The average molecular weight is 351 g/mol. The number of carbonyl (C=O) groups excluding carboxylic acids is 2. The summed E-state index contributed by atoms with van der Waals surface area (Å²) in [5, 5.41) is 6.06. The van der Waals surface area contributed by atoms with Crippen LogP contribution in [0.5, 0.6) is 0 Å². The summed E-state index contributed by atoms with van der Waals surface area (Å²) in [5.74, 6) is -0.0511. The molecule has 5 heteroatoms. The van der Waals surface area contributed by atoms with Crippen LogP contribution in [0.15, 0.2) is 42.5 Å². The predicted molar refractivity (Wildman–Crippen MR) is 105 cm³/mol. The molecule has 1 saturated heterocycles. The number of hydrogen-bond acceptors (Lipinski definition) is 3. The number of para-hydroxylation sites is 1. The van der Waals surface area contributed by atoms with Crippen LogP contribution in [0.25, 0.3) is 0 Å². The molecular formula is C21H25N3O2. The third kappa shape index (κ3) is 4.23. The van der Waals surface area contributed by atoms with Gasteiger partial charge in [0.1, 0.15) is 0 Å². The molecule has 2 N–H and O–H groups in total. The Balaban J connectivity index is 1.60. The normalized spacial score (nSPS) is 13.5. The molecule has 0 saturated carbocycles. The largest absolute Gasteiger partial charge is 0.376 e. The van der Waals surface area contributed by atoms with Gasteiger partial charge >= 0.3 is 0 Å². The minimum absolute atomic E-state index is 0.0612. The van der Waals surface area contributed by atoms with Gasteiger partial charge in [-0.1, -0.05) is 24.3 Å². The molecule has 1 aliphatic rings. The molecule has 2 amide bonds. The number of benzene rings is 2. The molecule has 1 fully saturated rings. The molecule has 2 aromatic carbocycles. The van der Waals surface area contributed by atoms with Gasteiger partial charge in [-0.25, -0.2) is 0 Å². The summed E-state index contributed by atoms with van der Waals surface area (Å²) in [6, 6.07) is 13.3. The molecule has 136 valence electrons. The maximum atomic E-state index is 12.5. The summed E-state index contributed by atoms with van der Waals surface area (Å²) in [6.07, 6.45) is 2.14. The molecule has 1 heterocycles. The Morgan fingerprint density at radius 1 is 1.00 bits per heavy atom. The summed E-state index contributed by atoms with van der Waals surface area (Å²) in [5.41, 5.74) is 4.36. The van der Waals surface area contributed by atoms with Crippen LogP contribution in [0.2, 0.25) is 0 Å². The molecule has 0 bridgehead atoms. The number of amides is 2. The molecule has 3 rings (SSSR count). The van der Waals surface area contributed by atoms with Crippen molar-refractivity contribution in [2.24, 2.45) is 0 Å². The second-order valence-electron chi connectivity index (χ2n) is 6.75. The van der Waals surface area contributed by atoms with E-state index >= 15 is 0 Å². The fraction of sp³-hybridized carbons (Fsp3) is 0.333. The monoisotopic (exact) mass is 351 g/mol. The first-order valence-electron chi connectivity index (χ1n) is 9.04. The molecule has 0 aromatic heterocycles. The van der Waals surface area contributed by atoms with Crippen LogP contribution in [-0.2, 0) is 4.79 Å². The van der Waals surface area contributed by atoms with E-state index in [1.165, 1.54) is 0 Å². The van der Waals surface area contributed by atoms with Gasteiger partial charge in [0.15, 0.2) is 0 Å². The molecule has 0 unspecified atom stereocenters. The van der Waals surface area contributed by atoms with Crippen molar-refractivity contribution in [3.05, 3.63) is 59.2 Å². The van der Waals surface area contributed by atoms with Crippen molar-refractivity contribution >= 4 is 23.2 Å². The Bertz CT molecular complexity index is 790. The zero-order valence-electron chi connectivity index (χ0n) is 15.3. The smallest absolute Gasteiger partial charge is 0.253 e. The van der Waals surface area contributed by atoms with E-state index in [1.807, 2.05) is 61.2 Å². The minimum Gasteiger partial charge on any atom is -0.376 e. The molecule has 0 radical (unpaired) electrons. The standard InChI is InChI=1S/C21H25N3O2/c1-15-7-5-8-16(2)20(15)23-19(25)14-22-18-10-6-9-17(13-18)21(26)24-11-3-4-12-24/h5-10,13,22H,3-4,11-12,14H2,1-2H3,(H,23,25). The molecular weight excluding hydrogens is 326 g/mol. The van der Waals surface area contributed by atoms with Gasteiger partial charge in [0.25, 0.3) is 5.91 Å². The highest BCUT2D eigenvalue weighted by molar-refractivity contribution is 5.97. The second-order valence-corrected chi connectivity index (χ2v) is 6.75. The highest BCUT2D eigenvalue weighted by Gasteiger charge is 2.19. The number of likely N-dealkylation sites (tertiary alicyclic amines) is 1. The van der Waals surface area contributed by atoms with E-state index in [9.17, 15) is 9.59 Å². The Hall–Kier alpha value is -2.82. The van der Waals surface area contributed by atoms with Gasteiger partial charge in [0.2, 0.25) is 5.91 Å². The number of aryl methyl sites for hydroxylation is 2. The number of anilines is 2. The minimum atomic E-state index is -0.112. The van der Waals surface area contributed by atoms with Gasteiger partial charge in [0.05, 0.1) is 6.54 Å². The average Bonchev–Trinajstić information content (AvgIpc) is 3.17. The van der Waals surface area contributed by atoms with Crippen LogP contribution in [-0.4, -0.2) is 36.3 Å². The van der Waals surface area contributed by atoms with E-state index in [0.29, 0.717) is 5.56 Å². The summed E-state index contributed by atoms with van der Waals surface area (Å²) < 4.78 is 0. The van der Waals surface area contributed by atoms with Crippen LogP contribution in [0.3, 0.4) is 0 Å². The summed E-state index contributed by atoms with van der Waals surface area (Å²) in [4.78, 5) is 26.6. The fourth-order valence-electron chi connectivity index (χ4n) is 3.24. The van der Waals surface area contributed by atoms with E-state index in [1.54, 1.807) is 0 Å². The van der Waals surface area contributed by atoms with Crippen molar-refractivity contribution in [1.82, 2.24) is 4.90 Å².